The Morgan fingerprint density at radius 3 is 2.70 bits per heavy atom. The first-order valence-electron chi connectivity index (χ1n) is 8.32. The van der Waals surface area contributed by atoms with Crippen molar-refractivity contribution in [1.82, 2.24) is 15.1 Å². The SMILES string of the molecule is CC(=O)N(CCC(=O)N[C@H]1CCCN(C)C1)Cc1ccccc1. The molecule has 1 aliphatic rings. The number of carbonyl (C=O) groups is 2. The Balaban J connectivity index is 1.79. The minimum atomic E-state index is -0.000877. The molecule has 0 aromatic heterocycles. The summed E-state index contributed by atoms with van der Waals surface area (Å²) in [4.78, 5) is 27.9. The molecule has 1 heterocycles. The molecule has 0 aliphatic carbocycles. The minimum Gasteiger partial charge on any atom is -0.352 e. The lowest BCUT2D eigenvalue weighted by molar-refractivity contribution is -0.130. The van der Waals surface area contributed by atoms with Crippen LogP contribution in [0, 0.1) is 0 Å². The third-order valence-corrected chi connectivity index (χ3v) is 4.26. The second-order valence-electron chi connectivity index (χ2n) is 6.35. The van der Waals surface area contributed by atoms with E-state index in [1.54, 1.807) is 11.8 Å². The monoisotopic (exact) mass is 317 g/mol. The Kier molecular flexibility index (Phi) is 6.59. The van der Waals surface area contributed by atoms with Gasteiger partial charge in [-0.15, -0.1) is 0 Å². The number of likely N-dealkylation sites (tertiary alicyclic amines) is 1. The number of likely N-dealkylation sites (N-methyl/N-ethyl adjacent to an activating group) is 1. The van der Waals surface area contributed by atoms with Gasteiger partial charge in [0.15, 0.2) is 0 Å². The smallest absolute Gasteiger partial charge is 0.222 e. The van der Waals surface area contributed by atoms with Gasteiger partial charge in [-0.2, -0.15) is 0 Å². The highest BCUT2D eigenvalue weighted by atomic mass is 16.2. The van der Waals surface area contributed by atoms with Crippen LogP contribution in [0.4, 0.5) is 0 Å². The van der Waals surface area contributed by atoms with Crippen LogP contribution in [0.1, 0.15) is 31.7 Å². The molecule has 2 rings (SSSR count). The van der Waals surface area contributed by atoms with Gasteiger partial charge in [-0.1, -0.05) is 30.3 Å². The molecule has 1 aliphatic heterocycles. The van der Waals surface area contributed by atoms with Crippen molar-refractivity contribution in [3.8, 4) is 0 Å². The number of carbonyl (C=O) groups excluding carboxylic acids is 2. The standard InChI is InChI=1S/C18H27N3O2/c1-15(22)21(13-16-7-4-3-5-8-16)12-10-18(23)19-17-9-6-11-20(2)14-17/h3-5,7-8,17H,6,9-14H2,1-2H3,(H,19,23)/t17-/m0/s1. The van der Waals surface area contributed by atoms with Gasteiger partial charge in [0.25, 0.3) is 0 Å². The lowest BCUT2D eigenvalue weighted by Gasteiger charge is -2.30. The number of rotatable bonds is 6. The van der Waals surface area contributed by atoms with Gasteiger partial charge in [0.1, 0.15) is 0 Å². The highest BCUT2D eigenvalue weighted by Gasteiger charge is 2.19. The van der Waals surface area contributed by atoms with Crippen molar-refractivity contribution >= 4 is 11.8 Å². The Bertz CT molecular complexity index is 518. The van der Waals surface area contributed by atoms with E-state index in [9.17, 15) is 9.59 Å². The van der Waals surface area contributed by atoms with Crippen molar-refractivity contribution in [3.63, 3.8) is 0 Å². The van der Waals surface area contributed by atoms with Crippen LogP contribution in [0.5, 0.6) is 0 Å². The predicted molar refractivity (Wildman–Crippen MR) is 90.8 cm³/mol. The number of benzene rings is 1. The Morgan fingerprint density at radius 2 is 2.04 bits per heavy atom. The van der Waals surface area contributed by atoms with Gasteiger partial charge in [-0.3, -0.25) is 9.59 Å². The van der Waals surface area contributed by atoms with Gasteiger partial charge in [0, 0.05) is 39.0 Å². The van der Waals surface area contributed by atoms with E-state index in [-0.39, 0.29) is 17.9 Å². The zero-order valence-electron chi connectivity index (χ0n) is 14.1. The zero-order valence-corrected chi connectivity index (χ0v) is 14.1. The third kappa shape index (κ3) is 6.02. The number of piperidine rings is 1. The summed E-state index contributed by atoms with van der Waals surface area (Å²) in [5.41, 5.74) is 1.08. The van der Waals surface area contributed by atoms with Crippen LogP contribution in [0.25, 0.3) is 0 Å². The summed E-state index contributed by atoms with van der Waals surface area (Å²) in [7, 11) is 2.08. The molecule has 0 saturated carbocycles. The van der Waals surface area contributed by atoms with E-state index in [1.807, 2.05) is 30.3 Å². The van der Waals surface area contributed by atoms with Gasteiger partial charge >= 0.3 is 0 Å². The molecule has 5 heteroatoms. The fourth-order valence-corrected chi connectivity index (χ4v) is 2.97. The van der Waals surface area contributed by atoms with Crippen molar-refractivity contribution in [1.29, 1.82) is 0 Å². The van der Waals surface area contributed by atoms with Gasteiger partial charge in [0.05, 0.1) is 0 Å². The van der Waals surface area contributed by atoms with Crippen LogP contribution in [0.2, 0.25) is 0 Å². The Labute approximate surface area is 138 Å². The molecule has 0 bridgehead atoms. The molecule has 126 valence electrons. The van der Waals surface area contributed by atoms with Crippen LogP contribution in [-0.2, 0) is 16.1 Å². The number of amides is 2. The predicted octanol–water partition coefficient (Wildman–Crippen LogP) is 1.64. The molecule has 1 aromatic rings. The second kappa shape index (κ2) is 8.67. The van der Waals surface area contributed by atoms with E-state index in [1.165, 1.54) is 0 Å². The average molecular weight is 317 g/mol. The van der Waals surface area contributed by atoms with Crippen LogP contribution in [0.15, 0.2) is 30.3 Å². The fraction of sp³-hybridized carbons (Fsp3) is 0.556. The topological polar surface area (TPSA) is 52.7 Å². The maximum atomic E-state index is 12.1. The highest BCUT2D eigenvalue weighted by molar-refractivity contribution is 5.78. The van der Waals surface area contributed by atoms with Crippen molar-refractivity contribution in [2.75, 3.05) is 26.7 Å². The van der Waals surface area contributed by atoms with Crippen LogP contribution in [0.3, 0.4) is 0 Å². The molecule has 0 spiro atoms. The van der Waals surface area contributed by atoms with Gasteiger partial charge in [-0.25, -0.2) is 0 Å². The molecule has 1 saturated heterocycles. The largest absolute Gasteiger partial charge is 0.352 e. The molecule has 1 N–H and O–H groups in total. The summed E-state index contributed by atoms with van der Waals surface area (Å²) in [6.07, 6.45) is 2.51. The van der Waals surface area contributed by atoms with Crippen LogP contribution < -0.4 is 5.32 Å². The van der Waals surface area contributed by atoms with Gasteiger partial charge in [0.2, 0.25) is 11.8 Å². The first-order chi connectivity index (χ1) is 11.0. The Morgan fingerprint density at radius 1 is 1.30 bits per heavy atom. The van der Waals surface area contributed by atoms with Crippen LogP contribution in [-0.4, -0.2) is 54.3 Å². The first kappa shape index (κ1) is 17.5. The molecule has 0 unspecified atom stereocenters. The molecule has 23 heavy (non-hydrogen) atoms. The van der Waals surface area contributed by atoms with E-state index >= 15 is 0 Å². The number of hydrogen-bond acceptors (Lipinski definition) is 3. The molecular weight excluding hydrogens is 290 g/mol. The summed E-state index contributed by atoms with van der Waals surface area (Å²) in [6, 6.07) is 10.1. The van der Waals surface area contributed by atoms with Crippen molar-refractivity contribution in [2.45, 2.75) is 38.8 Å². The van der Waals surface area contributed by atoms with Crippen molar-refractivity contribution < 1.29 is 9.59 Å². The lowest BCUT2D eigenvalue weighted by atomic mass is 10.1. The molecule has 1 atom stereocenters. The summed E-state index contributed by atoms with van der Waals surface area (Å²) >= 11 is 0. The van der Waals surface area contributed by atoms with E-state index in [2.05, 4.69) is 17.3 Å². The fourth-order valence-electron chi connectivity index (χ4n) is 2.97. The number of hydrogen-bond donors (Lipinski definition) is 1. The quantitative estimate of drug-likeness (QED) is 0.868. The van der Waals surface area contributed by atoms with Gasteiger partial charge in [-0.05, 0) is 32.0 Å². The molecular formula is C18H27N3O2. The second-order valence-corrected chi connectivity index (χ2v) is 6.35. The molecule has 1 fully saturated rings. The number of nitrogens with one attached hydrogen (secondary N) is 1. The molecule has 5 nitrogen and oxygen atoms in total. The summed E-state index contributed by atoms with van der Waals surface area (Å²) in [5.74, 6) is 0.0312. The van der Waals surface area contributed by atoms with E-state index in [0.29, 0.717) is 19.5 Å². The van der Waals surface area contributed by atoms with E-state index < -0.39 is 0 Å². The molecule has 0 radical (unpaired) electrons. The van der Waals surface area contributed by atoms with E-state index in [0.717, 1.165) is 31.5 Å². The average Bonchev–Trinajstić information content (AvgIpc) is 2.52. The Hall–Kier alpha value is -1.88. The summed E-state index contributed by atoms with van der Waals surface area (Å²) < 4.78 is 0. The van der Waals surface area contributed by atoms with E-state index in [4.69, 9.17) is 0 Å². The highest BCUT2D eigenvalue weighted by Crippen LogP contribution is 2.09. The minimum absolute atomic E-state index is 0.000877. The molecule has 1 aromatic carbocycles. The normalized spacial score (nSPS) is 18.4. The zero-order chi connectivity index (χ0) is 16.7. The maximum Gasteiger partial charge on any atom is 0.222 e. The third-order valence-electron chi connectivity index (χ3n) is 4.26. The van der Waals surface area contributed by atoms with Crippen molar-refractivity contribution in [2.24, 2.45) is 0 Å². The molecule has 2 amide bonds. The van der Waals surface area contributed by atoms with Crippen molar-refractivity contribution in [3.05, 3.63) is 35.9 Å². The first-order valence-corrected chi connectivity index (χ1v) is 8.32. The lowest BCUT2D eigenvalue weighted by Crippen LogP contribution is -2.46. The number of nitrogens with zero attached hydrogens (tertiary/aromatic N) is 2. The van der Waals surface area contributed by atoms with Crippen LogP contribution >= 0.6 is 0 Å². The van der Waals surface area contributed by atoms with Gasteiger partial charge < -0.3 is 15.1 Å². The summed E-state index contributed by atoms with van der Waals surface area (Å²) in [5, 5.41) is 3.09. The maximum absolute atomic E-state index is 12.1. The summed E-state index contributed by atoms with van der Waals surface area (Å²) in [6.45, 7) is 4.57.